The van der Waals surface area contributed by atoms with Crippen molar-refractivity contribution in [1.82, 2.24) is 4.90 Å². The van der Waals surface area contributed by atoms with Crippen LogP contribution in [0.1, 0.15) is 10.4 Å². The molecule has 0 saturated carbocycles. The third-order valence-electron chi connectivity index (χ3n) is 3.43. The number of carbonyl (C=O) groups is 2. The lowest BCUT2D eigenvalue weighted by Gasteiger charge is -2.33. The molecule has 1 aromatic carbocycles. The van der Waals surface area contributed by atoms with Crippen LogP contribution in [-0.2, 0) is 9.53 Å². The molecule has 0 radical (unpaired) electrons. The van der Waals surface area contributed by atoms with E-state index in [1.807, 2.05) is 29.6 Å². The van der Waals surface area contributed by atoms with Crippen molar-refractivity contribution >= 4 is 33.2 Å². The quantitative estimate of drug-likeness (QED) is 0.904. The molecule has 5 nitrogen and oxygen atoms in total. The molecule has 1 saturated heterocycles. The fourth-order valence-electron chi connectivity index (χ4n) is 2.38. The third kappa shape index (κ3) is 2.17. The van der Waals surface area contributed by atoms with Crippen molar-refractivity contribution in [3.05, 3.63) is 35.2 Å². The lowest BCUT2D eigenvalue weighted by Crippen LogP contribution is -2.54. The molecule has 6 heteroatoms. The van der Waals surface area contributed by atoms with Crippen molar-refractivity contribution in [3.8, 4) is 0 Å². The topological polar surface area (TPSA) is 72.6 Å². The van der Waals surface area contributed by atoms with Crippen LogP contribution in [0.25, 0.3) is 10.1 Å². The van der Waals surface area contributed by atoms with Gasteiger partial charge in [-0.25, -0.2) is 0 Å². The van der Waals surface area contributed by atoms with Gasteiger partial charge in [-0.1, -0.05) is 18.2 Å². The first kappa shape index (κ1) is 13.1. The van der Waals surface area contributed by atoms with Gasteiger partial charge >= 0.3 is 0 Å². The minimum Gasteiger partial charge on any atom is -0.377 e. The Morgan fingerprint density at radius 3 is 2.95 bits per heavy atom. The molecule has 2 amide bonds. The molecule has 0 unspecified atom stereocenters. The highest BCUT2D eigenvalue weighted by Gasteiger charge is 2.32. The van der Waals surface area contributed by atoms with Gasteiger partial charge in [0.2, 0.25) is 5.91 Å². The molecule has 0 spiro atoms. The monoisotopic (exact) mass is 290 g/mol. The molecule has 1 atom stereocenters. The van der Waals surface area contributed by atoms with Gasteiger partial charge in [0.05, 0.1) is 18.8 Å². The van der Waals surface area contributed by atoms with Crippen LogP contribution in [0, 0.1) is 0 Å². The van der Waals surface area contributed by atoms with E-state index in [2.05, 4.69) is 0 Å². The number of fused-ring (bicyclic) bond motifs is 1. The number of hydrogen-bond acceptors (Lipinski definition) is 4. The standard InChI is InChI=1S/C14H14N2O3S/c15-13(17)11-7-19-6-5-16(11)14(18)10-8-20-12-4-2-1-3-9(10)12/h1-4,8,11H,5-7H2,(H2,15,17)/t11-/m1/s1. The Balaban J connectivity index is 1.96. The summed E-state index contributed by atoms with van der Waals surface area (Å²) < 4.78 is 6.29. The van der Waals surface area contributed by atoms with E-state index >= 15 is 0 Å². The second-order valence-corrected chi connectivity index (χ2v) is 5.55. The maximum Gasteiger partial charge on any atom is 0.256 e. The summed E-state index contributed by atoms with van der Waals surface area (Å²) in [5.74, 6) is -0.688. The summed E-state index contributed by atoms with van der Waals surface area (Å²) >= 11 is 1.52. The van der Waals surface area contributed by atoms with E-state index in [-0.39, 0.29) is 12.5 Å². The molecule has 1 fully saturated rings. The first-order valence-corrected chi connectivity index (χ1v) is 7.20. The van der Waals surface area contributed by atoms with Crippen LogP contribution >= 0.6 is 11.3 Å². The Kier molecular flexibility index (Phi) is 3.42. The zero-order valence-electron chi connectivity index (χ0n) is 10.7. The average Bonchev–Trinajstić information content (AvgIpc) is 2.90. The third-order valence-corrected chi connectivity index (χ3v) is 4.39. The Bertz CT molecular complexity index is 667. The molecule has 2 aromatic rings. The summed E-state index contributed by atoms with van der Waals surface area (Å²) in [7, 11) is 0. The lowest BCUT2D eigenvalue weighted by molar-refractivity contribution is -0.127. The number of amides is 2. The number of primary amides is 1. The Labute approximate surface area is 119 Å². The molecule has 0 aliphatic carbocycles. The highest BCUT2D eigenvalue weighted by atomic mass is 32.1. The molecule has 20 heavy (non-hydrogen) atoms. The highest BCUT2D eigenvalue weighted by Crippen LogP contribution is 2.27. The minimum absolute atomic E-state index is 0.158. The minimum atomic E-state index is -0.685. The normalized spacial score (nSPS) is 19.2. The van der Waals surface area contributed by atoms with Crippen molar-refractivity contribution < 1.29 is 14.3 Å². The predicted octanol–water partition coefficient (Wildman–Crippen LogP) is 1.23. The van der Waals surface area contributed by atoms with Gasteiger partial charge in [0.15, 0.2) is 0 Å². The van der Waals surface area contributed by atoms with Crippen LogP contribution in [0.15, 0.2) is 29.6 Å². The summed E-state index contributed by atoms with van der Waals surface area (Å²) in [6.45, 7) is 0.983. The molecule has 1 aliphatic heterocycles. The number of nitrogens with zero attached hydrogens (tertiary/aromatic N) is 1. The van der Waals surface area contributed by atoms with E-state index in [4.69, 9.17) is 10.5 Å². The zero-order valence-corrected chi connectivity index (χ0v) is 11.6. The largest absolute Gasteiger partial charge is 0.377 e. The van der Waals surface area contributed by atoms with Crippen LogP contribution in [0.3, 0.4) is 0 Å². The van der Waals surface area contributed by atoms with Crippen LogP contribution in [0.5, 0.6) is 0 Å². The van der Waals surface area contributed by atoms with Gasteiger partial charge in [-0.2, -0.15) is 0 Å². The van der Waals surface area contributed by atoms with E-state index < -0.39 is 11.9 Å². The second kappa shape index (κ2) is 5.22. The van der Waals surface area contributed by atoms with Crippen molar-refractivity contribution in [2.45, 2.75) is 6.04 Å². The summed E-state index contributed by atoms with van der Waals surface area (Å²) in [6.07, 6.45) is 0. The Morgan fingerprint density at radius 2 is 2.15 bits per heavy atom. The summed E-state index contributed by atoms with van der Waals surface area (Å²) in [6, 6.07) is 7.04. The number of carbonyl (C=O) groups excluding carboxylic acids is 2. The Morgan fingerprint density at radius 1 is 1.35 bits per heavy atom. The first-order valence-electron chi connectivity index (χ1n) is 6.33. The molecular formula is C14H14N2O3S. The van der Waals surface area contributed by atoms with E-state index in [0.717, 1.165) is 10.1 Å². The molecule has 104 valence electrons. The number of morpholine rings is 1. The number of thiophene rings is 1. The molecular weight excluding hydrogens is 276 g/mol. The molecule has 1 aliphatic rings. The van der Waals surface area contributed by atoms with E-state index in [9.17, 15) is 9.59 Å². The molecule has 2 heterocycles. The summed E-state index contributed by atoms with van der Waals surface area (Å²) in [5.41, 5.74) is 5.98. The van der Waals surface area contributed by atoms with Gasteiger partial charge in [-0.15, -0.1) is 11.3 Å². The fourth-order valence-corrected chi connectivity index (χ4v) is 3.32. The number of benzene rings is 1. The molecule has 3 rings (SSSR count). The van der Waals surface area contributed by atoms with Gasteiger partial charge in [-0.05, 0) is 6.07 Å². The van der Waals surface area contributed by atoms with Crippen LogP contribution in [0.2, 0.25) is 0 Å². The lowest BCUT2D eigenvalue weighted by atomic mass is 10.1. The maximum atomic E-state index is 12.7. The van der Waals surface area contributed by atoms with Crippen molar-refractivity contribution in [2.75, 3.05) is 19.8 Å². The fraction of sp³-hybridized carbons (Fsp3) is 0.286. The number of hydrogen-bond donors (Lipinski definition) is 1. The summed E-state index contributed by atoms with van der Waals surface area (Å²) in [5, 5.41) is 2.75. The van der Waals surface area contributed by atoms with Gasteiger partial charge < -0.3 is 15.4 Å². The van der Waals surface area contributed by atoms with Crippen molar-refractivity contribution in [2.24, 2.45) is 5.73 Å². The average molecular weight is 290 g/mol. The van der Waals surface area contributed by atoms with Gasteiger partial charge in [0.1, 0.15) is 6.04 Å². The Hall–Kier alpha value is -1.92. The van der Waals surface area contributed by atoms with Crippen LogP contribution < -0.4 is 5.73 Å². The second-order valence-electron chi connectivity index (χ2n) is 4.64. The van der Waals surface area contributed by atoms with Crippen LogP contribution in [0.4, 0.5) is 0 Å². The first-order chi connectivity index (χ1) is 9.68. The van der Waals surface area contributed by atoms with Gasteiger partial charge in [0.25, 0.3) is 5.91 Å². The number of nitrogens with two attached hydrogens (primary N) is 1. The predicted molar refractivity (Wildman–Crippen MR) is 76.7 cm³/mol. The van der Waals surface area contributed by atoms with E-state index in [1.165, 1.54) is 16.2 Å². The molecule has 2 N–H and O–H groups in total. The number of ether oxygens (including phenoxy) is 1. The maximum absolute atomic E-state index is 12.7. The van der Waals surface area contributed by atoms with E-state index in [0.29, 0.717) is 18.7 Å². The smallest absolute Gasteiger partial charge is 0.256 e. The van der Waals surface area contributed by atoms with E-state index in [1.54, 1.807) is 0 Å². The molecule has 0 bridgehead atoms. The van der Waals surface area contributed by atoms with Crippen molar-refractivity contribution in [3.63, 3.8) is 0 Å². The molecule has 1 aromatic heterocycles. The van der Waals surface area contributed by atoms with Gasteiger partial charge in [-0.3, -0.25) is 9.59 Å². The summed E-state index contributed by atoms with van der Waals surface area (Å²) in [4.78, 5) is 25.6. The van der Waals surface area contributed by atoms with Crippen LogP contribution in [-0.4, -0.2) is 42.5 Å². The SMILES string of the molecule is NC(=O)[C@H]1COCCN1C(=O)c1csc2ccccc12. The number of rotatable bonds is 2. The highest BCUT2D eigenvalue weighted by molar-refractivity contribution is 7.17. The zero-order chi connectivity index (χ0) is 14.1. The van der Waals surface area contributed by atoms with Gasteiger partial charge in [0, 0.05) is 22.0 Å². The van der Waals surface area contributed by atoms with Crippen molar-refractivity contribution in [1.29, 1.82) is 0 Å².